The van der Waals surface area contributed by atoms with Crippen LogP contribution in [0.1, 0.15) is 5.01 Å². The molecule has 3 rings (SSSR count). The van der Waals surface area contributed by atoms with Crippen LogP contribution in [0.4, 0.5) is 0 Å². The molecule has 2 heterocycles. The zero-order valence-electron chi connectivity index (χ0n) is 8.59. The van der Waals surface area contributed by atoms with Crippen molar-refractivity contribution in [3.05, 3.63) is 41.5 Å². The van der Waals surface area contributed by atoms with E-state index in [1.165, 1.54) is 0 Å². The number of aryl methyl sites for hydroxylation is 1. The lowest BCUT2D eigenvalue weighted by atomic mass is 10.2. The average molecular weight is 295 g/mol. The van der Waals surface area contributed by atoms with Gasteiger partial charge in [0, 0.05) is 5.56 Å². The van der Waals surface area contributed by atoms with E-state index in [-0.39, 0.29) is 17.0 Å². The summed E-state index contributed by atoms with van der Waals surface area (Å²) in [7, 11) is 0. The van der Waals surface area contributed by atoms with Gasteiger partial charge < -0.3 is 17.0 Å². The van der Waals surface area contributed by atoms with Crippen LogP contribution in [0, 0.1) is 6.92 Å². The second kappa shape index (κ2) is 4.35. The molecule has 5 heteroatoms. The third kappa shape index (κ3) is 1.88. The van der Waals surface area contributed by atoms with Gasteiger partial charge in [-0.25, -0.2) is 9.50 Å². The third-order valence-electron chi connectivity index (χ3n) is 2.21. The quantitative estimate of drug-likeness (QED) is 0.621. The molecule has 0 amide bonds. The number of hydrogen-bond donors (Lipinski definition) is 0. The first kappa shape index (κ1) is 11.3. The Labute approximate surface area is 108 Å². The Morgan fingerprint density at radius 1 is 1.19 bits per heavy atom. The van der Waals surface area contributed by atoms with E-state index in [0.717, 1.165) is 21.2 Å². The Bertz CT molecular complexity index is 569. The van der Waals surface area contributed by atoms with Crippen LogP contribution in [0.5, 0.6) is 0 Å². The lowest BCUT2D eigenvalue weighted by Crippen LogP contribution is -3.00. The SMILES string of the molecule is Cc1nn2cc(-c3ccccc3)nc2s1.[Br-]. The minimum Gasteiger partial charge on any atom is -1.00 e. The summed E-state index contributed by atoms with van der Waals surface area (Å²) in [6, 6.07) is 10.1. The third-order valence-corrected chi connectivity index (χ3v) is 3.05. The van der Waals surface area contributed by atoms with Crippen molar-refractivity contribution in [1.82, 2.24) is 14.6 Å². The summed E-state index contributed by atoms with van der Waals surface area (Å²) in [5.74, 6) is 0. The van der Waals surface area contributed by atoms with E-state index < -0.39 is 0 Å². The van der Waals surface area contributed by atoms with Crippen LogP contribution in [0.15, 0.2) is 36.5 Å². The number of hydrogen-bond acceptors (Lipinski definition) is 3. The van der Waals surface area contributed by atoms with Crippen LogP contribution >= 0.6 is 11.3 Å². The first-order valence-electron chi connectivity index (χ1n) is 4.71. The summed E-state index contributed by atoms with van der Waals surface area (Å²) >= 11 is 1.61. The molecule has 0 unspecified atom stereocenters. The molecule has 16 heavy (non-hydrogen) atoms. The molecule has 0 saturated carbocycles. The smallest absolute Gasteiger partial charge is 0.212 e. The molecule has 0 fully saturated rings. The molecular formula is C11H9BrN3S-. The van der Waals surface area contributed by atoms with Gasteiger partial charge in [0.05, 0.1) is 11.9 Å². The summed E-state index contributed by atoms with van der Waals surface area (Å²) in [4.78, 5) is 5.47. The molecule has 0 spiro atoms. The standard InChI is InChI=1S/C11H9N3S.BrH/c1-8-13-14-7-10(12-11(14)15-8)9-5-3-2-4-6-9;/h2-7H,1H3;1H/p-1. The van der Waals surface area contributed by atoms with Crippen molar-refractivity contribution >= 4 is 16.3 Å². The Morgan fingerprint density at radius 3 is 2.62 bits per heavy atom. The second-order valence-electron chi connectivity index (χ2n) is 3.34. The molecule has 82 valence electrons. The van der Waals surface area contributed by atoms with E-state index in [1.807, 2.05) is 35.8 Å². The van der Waals surface area contributed by atoms with E-state index in [1.54, 1.807) is 11.3 Å². The van der Waals surface area contributed by atoms with Gasteiger partial charge in [0.15, 0.2) is 0 Å². The van der Waals surface area contributed by atoms with Gasteiger partial charge >= 0.3 is 0 Å². The van der Waals surface area contributed by atoms with Crippen LogP contribution in [0.3, 0.4) is 0 Å². The van der Waals surface area contributed by atoms with Crippen LogP contribution < -0.4 is 17.0 Å². The number of aromatic nitrogens is 3. The van der Waals surface area contributed by atoms with Gasteiger partial charge in [-0.1, -0.05) is 41.7 Å². The van der Waals surface area contributed by atoms with E-state index in [2.05, 4.69) is 22.2 Å². The largest absolute Gasteiger partial charge is 1.00 e. The van der Waals surface area contributed by atoms with E-state index in [9.17, 15) is 0 Å². The van der Waals surface area contributed by atoms with Crippen molar-refractivity contribution in [3.63, 3.8) is 0 Å². The Hall–Kier alpha value is -1.20. The second-order valence-corrected chi connectivity index (χ2v) is 4.50. The molecule has 0 N–H and O–H groups in total. The van der Waals surface area contributed by atoms with Gasteiger partial charge in [-0.3, -0.25) is 0 Å². The van der Waals surface area contributed by atoms with Crippen molar-refractivity contribution in [2.75, 3.05) is 0 Å². The predicted molar refractivity (Wildman–Crippen MR) is 61.0 cm³/mol. The highest BCUT2D eigenvalue weighted by Gasteiger charge is 2.06. The van der Waals surface area contributed by atoms with Crippen molar-refractivity contribution in [1.29, 1.82) is 0 Å². The number of halogens is 1. The molecule has 0 atom stereocenters. The predicted octanol–water partition coefficient (Wildman–Crippen LogP) is -0.230. The van der Waals surface area contributed by atoms with Crippen LogP contribution in [-0.4, -0.2) is 14.6 Å². The van der Waals surface area contributed by atoms with Gasteiger partial charge in [-0.05, 0) is 6.92 Å². The highest BCUT2D eigenvalue weighted by molar-refractivity contribution is 7.16. The fourth-order valence-corrected chi connectivity index (χ4v) is 2.27. The monoisotopic (exact) mass is 294 g/mol. The van der Waals surface area contributed by atoms with Crippen molar-refractivity contribution in [2.45, 2.75) is 6.92 Å². The first-order chi connectivity index (χ1) is 7.33. The highest BCUT2D eigenvalue weighted by Crippen LogP contribution is 2.21. The number of imidazole rings is 1. The molecule has 0 saturated heterocycles. The van der Waals surface area contributed by atoms with Crippen molar-refractivity contribution < 1.29 is 17.0 Å². The van der Waals surface area contributed by atoms with E-state index >= 15 is 0 Å². The lowest BCUT2D eigenvalue weighted by Gasteiger charge is -1.92. The topological polar surface area (TPSA) is 30.2 Å². The fourth-order valence-electron chi connectivity index (χ4n) is 1.55. The molecule has 0 aliphatic rings. The maximum absolute atomic E-state index is 4.52. The summed E-state index contributed by atoms with van der Waals surface area (Å²) in [5.41, 5.74) is 2.11. The Morgan fingerprint density at radius 2 is 1.94 bits per heavy atom. The summed E-state index contributed by atoms with van der Waals surface area (Å²) in [6.45, 7) is 1.99. The molecule has 3 aromatic rings. The van der Waals surface area contributed by atoms with Gasteiger partial charge in [0.1, 0.15) is 5.01 Å². The van der Waals surface area contributed by atoms with E-state index in [0.29, 0.717) is 0 Å². The molecular weight excluding hydrogens is 286 g/mol. The average Bonchev–Trinajstić information content (AvgIpc) is 2.76. The van der Waals surface area contributed by atoms with Gasteiger partial charge in [0.2, 0.25) is 4.96 Å². The number of fused-ring (bicyclic) bond motifs is 1. The Balaban J connectivity index is 0.000000963. The van der Waals surface area contributed by atoms with Crippen molar-refractivity contribution in [3.8, 4) is 11.3 Å². The maximum Gasteiger partial charge on any atom is 0.212 e. The zero-order valence-corrected chi connectivity index (χ0v) is 11.0. The lowest BCUT2D eigenvalue weighted by molar-refractivity contribution is -0.00000309. The minimum atomic E-state index is 0. The number of benzene rings is 1. The normalized spacial score (nSPS) is 10.3. The van der Waals surface area contributed by atoms with Gasteiger partial charge in [-0.15, -0.1) is 0 Å². The van der Waals surface area contributed by atoms with E-state index in [4.69, 9.17) is 0 Å². The minimum absolute atomic E-state index is 0. The molecule has 2 aromatic heterocycles. The summed E-state index contributed by atoms with van der Waals surface area (Å²) < 4.78 is 1.84. The van der Waals surface area contributed by atoms with Gasteiger partial charge in [0.25, 0.3) is 0 Å². The fraction of sp³-hybridized carbons (Fsp3) is 0.0909. The Kier molecular flexibility index (Phi) is 3.07. The highest BCUT2D eigenvalue weighted by atomic mass is 79.9. The van der Waals surface area contributed by atoms with Crippen molar-refractivity contribution in [2.24, 2.45) is 0 Å². The molecule has 0 bridgehead atoms. The van der Waals surface area contributed by atoms with Crippen LogP contribution in [0.25, 0.3) is 16.2 Å². The maximum atomic E-state index is 4.52. The number of rotatable bonds is 1. The summed E-state index contributed by atoms with van der Waals surface area (Å²) in [5, 5.41) is 5.37. The summed E-state index contributed by atoms with van der Waals surface area (Å²) in [6.07, 6.45) is 1.97. The molecule has 1 aromatic carbocycles. The van der Waals surface area contributed by atoms with Crippen LogP contribution in [-0.2, 0) is 0 Å². The first-order valence-corrected chi connectivity index (χ1v) is 5.53. The molecule has 0 aliphatic heterocycles. The molecule has 0 aliphatic carbocycles. The molecule has 3 nitrogen and oxygen atoms in total. The zero-order chi connectivity index (χ0) is 10.3. The van der Waals surface area contributed by atoms with Gasteiger partial charge in [-0.2, -0.15) is 5.10 Å². The van der Waals surface area contributed by atoms with Crippen LogP contribution in [0.2, 0.25) is 0 Å². The molecule has 0 radical (unpaired) electrons. The number of nitrogens with zero attached hydrogens (tertiary/aromatic N) is 3.